The molecule has 0 atom stereocenters. The minimum absolute atomic E-state index is 0.812. The second kappa shape index (κ2) is 6.31. The monoisotopic (exact) mass is 250 g/mol. The topological polar surface area (TPSA) is 15.3 Å². The van der Waals surface area contributed by atoms with Gasteiger partial charge in [-0.3, -0.25) is 0 Å². The van der Waals surface area contributed by atoms with Crippen molar-refractivity contribution >= 4 is 17.4 Å². The Bertz CT molecular complexity index is 333. The summed E-state index contributed by atoms with van der Waals surface area (Å²) in [5.41, 5.74) is 1.31. The summed E-state index contributed by atoms with van der Waals surface area (Å²) in [6.07, 6.45) is 2.74. The van der Waals surface area contributed by atoms with E-state index in [4.69, 9.17) is 0 Å². The summed E-state index contributed by atoms with van der Waals surface area (Å²) in [5.74, 6) is 1.14. The second-order valence-corrected chi connectivity index (χ2v) is 5.91. The lowest BCUT2D eigenvalue weighted by atomic mass is 10.3. The molecule has 0 aromatic heterocycles. The number of benzene rings is 1. The van der Waals surface area contributed by atoms with E-state index >= 15 is 0 Å². The van der Waals surface area contributed by atoms with Crippen molar-refractivity contribution < 1.29 is 0 Å². The molecule has 0 saturated heterocycles. The van der Waals surface area contributed by atoms with Crippen LogP contribution in [0.1, 0.15) is 19.8 Å². The predicted molar refractivity (Wildman–Crippen MR) is 77.1 cm³/mol. The Labute approximate surface area is 109 Å². The molecule has 94 valence electrons. The number of thioether (sulfide) groups is 1. The molecule has 2 nitrogen and oxygen atoms in total. The first-order chi connectivity index (χ1) is 8.29. The lowest BCUT2D eigenvalue weighted by Crippen LogP contribution is -2.30. The lowest BCUT2D eigenvalue weighted by molar-refractivity contribution is 0.675. The van der Waals surface area contributed by atoms with Crippen LogP contribution in [0.4, 0.5) is 5.69 Å². The quantitative estimate of drug-likeness (QED) is 0.749. The summed E-state index contributed by atoms with van der Waals surface area (Å²) in [4.78, 5) is 3.68. The lowest BCUT2D eigenvalue weighted by Gasteiger charge is -2.19. The van der Waals surface area contributed by atoms with Crippen LogP contribution in [0.5, 0.6) is 0 Å². The summed E-state index contributed by atoms with van der Waals surface area (Å²) < 4.78 is 0. The number of likely N-dealkylation sites (N-methyl/N-ethyl adjacent to an activating group) is 1. The number of rotatable bonds is 7. The largest absolute Gasteiger partial charge is 0.373 e. The minimum atomic E-state index is 0.812. The number of anilines is 1. The third-order valence-corrected chi connectivity index (χ3v) is 3.94. The van der Waals surface area contributed by atoms with Crippen LogP contribution in [0.15, 0.2) is 29.2 Å². The van der Waals surface area contributed by atoms with Crippen molar-refractivity contribution in [3.8, 4) is 0 Å². The van der Waals surface area contributed by atoms with E-state index in [1.807, 2.05) is 11.8 Å². The predicted octanol–water partition coefficient (Wildman–Crippen LogP) is 2.99. The van der Waals surface area contributed by atoms with E-state index in [0.29, 0.717) is 0 Å². The van der Waals surface area contributed by atoms with Crippen LogP contribution in [0, 0.1) is 0 Å². The Balaban J connectivity index is 1.78. The maximum absolute atomic E-state index is 3.54. The highest BCUT2D eigenvalue weighted by atomic mass is 32.2. The smallest absolute Gasteiger partial charge is 0.0364 e. The fourth-order valence-corrected chi connectivity index (χ4v) is 2.48. The van der Waals surface area contributed by atoms with Gasteiger partial charge in [0.1, 0.15) is 0 Å². The molecule has 1 aromatic carbocycles. The molecule has 1 aliphatic rings. The molecule has 1 aromatic rings. The van der Waals surface area contributed by atoms with Gasteiger partial charge in [0.2, 0.25) is 0 Å². The average Bonchev–Trinajstić information content (AvgIpc) is 3.14. The molecule has 1 aliphatic carbocycles. The van der Waals surface area contributed by atoms with Gasteiger partial charge in [-0.1, -0.05) is 6.92 Å². The summed E-state index contributed by atoms with van der Waals surface area (Å²) >= 11 is 1.89. The van der Waals surface area contributed by atoms with E-state index in [-0.39, 0.29) is 0 Å². The number of nitrogens with one attached hydrogen (secondary N) is 1. The Hall–Kier alpha value is -0.670. The van der Waals surface area contributed by atoms with Crippen LogP contribution < -0.4 is 10.2 Å². The maximum Gasteiger partial charge on any atom is 0.0364 e. The Morgan fingerprint density at radius 2 is 2.00 bits per heavy atom. The van der Waals surface area contributed by atoms with E-state index < -0.39 is 0 Å². The third-order valence-electron chi connectivity index (χ3n) is 3.05. The number of hydrogen-bond donors (Lipinski definition) is 1. The highest BCUT2D eigenvalue weighted by Gasteiger charge is 2.19. The summed E-state index contributed by atoms with van der Waals surface area (Å²) in [5, 5.41) is 3.54. The molecule has 1 saturated carbocycles. The number of hydrogen-bond acceptors (Lipinski definition) is 3. The van der Waals surface area contributed by atoms with Crippen LogP contribution in [-0.4, -0.2) is 31.9 Å². The zero-order valence-electron chi connectivity index (χ0n) is 10.8. The van der Waals surface area contributed by atoms with Gasteiger partial charge in [-0.25, -0.2) is 0 Å². The highest BCUT2D eigenvalue weighted by Crippen LogP contribution is 2.21. The maximum atomic E-state index is 3.54. The van der Waals surface area contributed by atoms with Gasteiger partial charge in [-0.2, -0.15) is 0 Å². The van der Waals surface area contributed by atoms with Gasteiger partial charge < -0.3 is 10.2 Å². The first-order valence-corrected chi connectivity index (χ1v) is 7.45. The fraction of sp³-hybridized carbons (Fsp3) is 0.571. The SMILES string of the molecule is CCSc1ccc(N(C)CCNC2CC2)cc1. The molecule has 0 bridgehead atoms. The zero-order chi connectivity index (χ0) is 12.1. The molecule has 2 rings (SSSR count). The molecular formula is C14H22N2S. The Morgan fingerprint density at radius 1 is 1.29 bits per heavy atom. The van der Waals surface area contributed by atoms with Gasteiger partial charge in [0, 0.05) is 36.8 Å². The molecule has 0 radical (unpaired) electrons. The van der Waals surface area contributed by atoms with Gasteiger partial charge in [0.25, 0.3) is 0 Å². The first-order valence-electron chi connectivity index (χ1n) is 6.47. The van der Waals surface area contributed by atoms with Crippen LogP contribution in [0.3, 0.4) is 0 Å². The molecular weight excluding hydrogens is 228 g/mol. The van der Waals surface area contributed by atoms with E-state index in [9.17, 15) is 0 Å². The van der Waals surface area contributed by atoms with Gasteiger partial charge in [-0.15, -0.1) is 11.8 Å². The Morgan fingerprint density at radius 3 is 2.59 bits per heavy atom. The molecule has 0 spiro atoms. The molecule has 1 fully saturated rings. The summed E-state index contributed by atoms with van der Waals surface area (Å²) in [6.45, 7) is 4.36. The molecule has 3 heteroatoms. The zero-order valence-corrected chi connectivity index (χ0v) is 11.6. The van der Waals surface area contributed by atoms with Crippen molar-refractivity contribution in [2.45, 2.75) is 30.7 Å². The average molecular weight is 250 g/mol. The summed E-state index contributed by atoms with van der Waals surface area (Å²) in [7, 11) is 2.16. The number of nitrogens with zero attached hydrogens (tertiary/aromatic N) is 1. The van der Waals surface area contributed by atoms with E-state index in [0.717, 1.165) is 24.9 Å². The standard InChI is InChI=1S/C14H22N2S/c1-3-17-14-8-6-13(7-9-14)16(2)11-10-15-12-4-5-12/h6-9,12,15H,3-5,10-11H2,1-2H3. The van der Waals surface area contributed by atoms with Crippen molar-refractivity contribution in [1.82, 2.24) is 5.32 Å². The van der Waals surface area contributed by atoms with Crippen molar-refractivity contribution in [2.24, 2.45) is 0 Å². The molecule has 0 aliphatic heterocycles. The Kier molecular flexibility index (Phi) is 4.75. The van der Waals surface area contributed by atoms with Crippen molar-refractivity contribution in [2.75, 3.05) is 30.8 Å². The second-order valence-electron chi connectivity index (χ2n) is 4.58. The third kappa shape index (κ3) is 4.25. The van der Waals surface area contributed by atoms with Crippen LogP contribution in [0.2, 0.25) is 0 Å². The fourth-order valence-electron chi connectivity index (χ4n) is 1.82. The van der Waals surface area contributed by atoms with Gasteiger partial charge in [0.15, 0.2) is 0 Å². The van der Waals surface area contributed by atoms with Crippen LogP contribution >= 0.6 is 11.8 Å². The van der Waals surface area contributed by atoms with E-state index in [1.165, 1.54) is 23.4 Å². The van der Waals surface area contributed by atoms with E-state index in [1.54, 1.807) is 0 Å². The molecule has 0 unspecified atom stereocenters. The molecule has 0 heterocycles. The molecule has 1 N–H and O–H groups in total. The molecule has 17 heavy (non-hydrogen) atoms. The highest BCUT2D eigenvalue weighted by molar-refractivity contribution is 7.99. The van der Waals surface area contributed by atoms with Crippen molar-refractivity contribution in [1.29, 1.82) is 0 Å². The van der Waals surface area contributed by atoms with Gasteiger partial charge in [0.05, 0.1) is 0 Å². The first kappa shape index (κ1) is 12.8. The molecule has 0 amide bonds. The van der Waals surface area contributed by atoms with Crippen LogP contribution in [-0.2, 0) is 0 Å². The van der Waals surface area contributed by atoms with Crippen molar-refractivity contribution in [3.63, 3.8) is 0 Å². The van der Waals surface area contributed by atoms with Crippen LogP contribution in [0.25, 0.3) is 0 Å². The normalized spacial score (nSPS) is 14.9. The van der Waals surface area contributed by atoms with Gasteiger partial charge in [-0.05, 0) is 42.9 Å². The van der Waals surface area contributed by atoms with Crippen molar-refractivity contribution in [3.05, 3.63) is 24.3 Å². The summed E-state index contributed by atoms with van der Waals surface area (Å²) in [6, 6.07) is 9.68. The van der Waals surface area contributed by atoms with E-state index in [2.05, 4.69) is 48.5 Å². The minimum Gasteiger partial charge on any atom is -0.373 e. The van der Waals surface area contributed by atoms with Gasteiger partial charge >= 0.3 is 0 Å².